The molecule has 0 bridgehead atoms. The Hall–Kier alpha value is -5.84. The number of aliphatic hydroxyl groups excluding tert-OH is 1. The molecule has 0 spiro atoms. The second-order valence-corrected chi connectivity index (χ2v) is 18.7. The lowest BCUT2D eigenvalue weighted by atomic mass is 10.00. The summed E-state index contributed by atoms with van der Waals surface area (Å²) in [5.41, 5.74) is 13.2. The smallest absolute Gasteiger partial charge is 0.244 e. The molecule has 22 heteroatoms. The Bertz CT molecular complexity index is 2150. The average molecular weight is 941 g/mol. The molecule has 20 nitrogen and oxygen atoms in total. The van der Waals surface area contributed by atoms with Crippen LogP contribution in [0.5, 0.6) is 5.75 Å². The van der Waals surface area contributed by atoms with Gasteiger partial charge in [0.05, 0.1) is 6.10 Å². The number of aromatic hydroxyl groups is 1. The molecule has 14 N–H and O–H groups in total. The predicted molar refractivity (Wildman–Crippen MR) is 247 cm³/mol. The Kier molecular flexibility index (Phi) is 19.9. The molecular formula is C43H60N10O10S2. The van der Waals surface area contributed by atoms with Crippen LogP contribution in [0.2, 0.25) is 0 Å². The molecule has 65 heavy (non-hydrogen) atoms. The van der Waals surface area contributed by atoms with Crippen LogP contribution in [0.15, 0.2) is 54.7 Å². The van der Waals surface area contributed by atoms with Gasteiger partial charge in [-0.15, -0.1) is 0 Å². The van der Waals surface area contributed by atoms with Crippen molar-refractivity contribution in [3.05, 3.63) is 65.9 Å². The van der Waals surface area contributed by atoms with Crippen LogP contribution in [0.3, 0.4) is 0 Å². The summed E-state index contributed by atoms with van der Waals surface area (Å²) in [7, 11) is 2.07. The van der Waals surface area contributed by atoms with Crippen LogP contribution in [0.4, 0.5) is 0 Å². The molecule has 354 valence electrons. The third-order valence-electron chi connectivity index (χ3n) is 10.5. The lowest BCUT2D eigenvalue weighted by molar-refractivity contribution is -0.136. The van der Waals surface area contributed by atoms with E-state index in [1.807, 2.05) is 24.3 Å². The molecule has 2 aromatic carbocycles. The summed E-state index contributed by atoms with van der Waals surface area (Å²) in [6.45, 7) is 6.07. The van der Waals surface area contributed by atoms with E-state index >= 15 is 0 Å². The highest BCUT2D eigenvalue weighted by molar-refractivity contribution is 8.76. The molecule has 0 saturated carbocycles. The van der Waals surface area contributed by atoms with Crippen LogP contribution in [0.25, 0.3) is 10.9 Å². The summed E-state index contributed by atoms with van der Waals surface area (Å²) in [5, 5.41) is 39.5. The highest BCUT2D eigenvalue weighted by atomic mass is 33.1. The monoisotopic (exact) mass is 940 g/mol. The number of carbonyl (C=O) groups excluding carboxylic acids is 8. The van der Waals surface area contributed by atoms with E-state index in [0.717, 1.165) is 32.5 Å². The van der Waals surface area contributed by atoms with Crippen LogP contribution >= 0.6 is 21.6 Å². The normalized spacial score (nSPS) is 22.9. The van der Waals surface area contributed by atoms with Gasteiger partial charge in [-0.05, 0) is 68.0 Å². The van der Waals surface area contributed by atoms with Crippen molar-refractivity contribution < 1.29 is 48.6 Å². The van der Waals surface area contributed by atoms with Crippen LogP contribution in [0, 0.1) is 5.92 Å². The van der Waals surface area contributed by atoms with E-state index in [4.69, 9.17) is 11.5 Å². The maximum atomic E-state index is 14.5. The van der Waals surface area contributed by atoms with Gasteiger partial charge in [0.15, 0.2) is 0 Å². The van der Waals surface area contributed by atoms with Crippen molar-refractivity contribution in [1.29, 1.82) is 0 Å². The Balaban J connectivity index is 1.80. The van der Waals surface area contributed by atoms with Gasteiger partial charge in [-0.3, -0.25) is 38.4 Å². The second-order valence-electron chi connectivity index (χ2n) is 16.1. The Morgan fingerprint density at radius 1 is 0.785 bits per heavy atom. The number of primary amides is 1. The van der Waals surface area contributed by atoms with E-state index in [1.165, 1.54) is 26.0 Å². The van der Waals surface area contributed by atoms with Gasteiger partial charge in [0.2, 0.25) is 47.3 Å². The number of aromatic amines is 1. The minimum atomic E-state index is -1.52. The summed E-state index contributed by atoms with van der Waals surface area (Å²) in [6.07, 6.45) is 1.11. The highest BCUT2D eigenvalue weighted by Crippen LogP contribution is 2.24. The van der Waals surface area contributed by atoms with Crippen molar-refractivity contribution in [2.24, 2.45) is 17.4 Å². The van der Waals surface area contributed by atoms with Gasteiger partial charge in [0.25, 0.3) is 0 Å². The number of nitrogens with one attached hydrogen (secondary N) is 8. The van der Waals surface area contributed by atoms with Crippen molar-refractivity contribution >= 4 is 79.7 Å². The van der Waals surface area contributed by atoms with E-state index in [1.54, 1.807) is 32.2 Å². The third kappa shape index (κ3) is 15.7. The molecule has 1 saturated heterocycles. The summed E-state index contributed by atoms with van der Waals surface area (Å²) < 4.78 is 0. The largest absolute Gasteiger partial charge is 0.508 e. The van der Waals surface area contributed by atoms with Gasteiger partial charge >= 0.3 is 0 Å². The number of hydrogen-bond donors (Lipinski definition) is 12. The predicted octanol–water partition coefficient (Wildman–Crippen LogP) is -0.882. The Morgan fingerprint density at radius 2 is 1.40 bits per heavy atom. The van der Waals surface area contributed by atoms with Gasteiger partial charge in [-0.25, -0.2) is 0 Å². The fourth-order valence-electron chi connectivity index (χ4n) is 6.96. The zero-order valence-corrected chi connectivity index (χ0v) is 38.3. The second kappa shape index (κ2) is 25.0. The molecule has 8 atom stereocenters. The first kappa shape index (κ1) is 51.8. The highest BCUT2D eigenvalue weighted by Gasteiger charge is 2.36. The number of unbranched alkanes of at least 4 members (excludes halogenated alkanes) is 1. The molecule has 1 aliphatic rings. The number of nitrogens with two attached hydrogens (primary N) is 2. The molecule has 2 heterocycles. The van der Waals surface area contributed by atoms with Gasteiger partial charge in [0.1, 0.15) is 48.0 Å². The van der Waals surface area contributed by atoms with Crippen molar-refractivity contribution in [1.82, 2.24) is 42.2 Å². The summed E-state index contributed by atoms with van der Waals surface area (Å²) in [5.74, 6) is -7.17. The summed E-state index contributed by atoms with van der Waals surface area (Å²) >= 11 is 0. The molecule has 0 radical (unpaired) electrons. The number of hydrogen-bond acceptors (Lipinski definition) is 13. The van der Waals surface area contributed by atoms with Crippen molar-refractivity contribution in [3.63, 3.8) is 0 Å². The van der Waals surface area contributed by atoms with Crippen LogP contribution in [-0.2, 0) is 51.2 Å². The van der Waals surface area contributed by atoms with Crippen molar-refractivity contribution in [2.75, 3.05) is 18.1 Å². The zero-order chi connectivity index (χ0) is 47.8. The number of para-hydroxylation sites is 1. The number of fused-ring (bicyclic) bond motifs is 1. The standard InChI is InChI=1S/C43H60N10O10S2/c1-22(2)35-43(63)51-34(42(62)53-36(23(3)54)37(45)57)21-65-64-20-33(47-24(4)55)41(61)49-31(17-25-12-14-27(56)15-13-25)39(59)50-32(18-26-19-46-29-10-6-5-9-28(26)29)40(60)48-30(38(58)52-35)11-7-8-16-44/h5-6,9-10,12-15,19,22-23,30-36,46,54,56H,7-8,11,16-18,20-21,44H2,1-4H3,(H2,45,57)(H,47,55)(H,48,60)(H,49,61)(H,50,59)(H,51,63)(H,52,58)(H,53,62)/t23-,30+,31+,32-,33-,34+,35+,36+/m1/s1. The van der Waals surface area contributed by atoms with Gasteiger partial charge in [-0.1, -0.05) is 65.8 Å². The quantitative estimate of drug-likeness (QED) is 0.0691. The molecule has 1 fully saturated rings. The molecule has 8 amide bonds. The fraction of sp³-hybridized carbons (Fsp3) is 0.488. The van der Waals surface area contributed by atoms with Crippen LogP contribution in [0.1, 0.15) is 58.1 Å². The number of aliphatic hydroxyl groups is 1. The summed E-state index contributed by atoms with van der Waals surface area (Å²) in [4.78, 5) is 113. The first-order valence-corrected chi connectivity index (χ1v) is 23.7. The molecule has 1 aliphatic heterocycles. The van der Waals surface area contributed by atoms with Crippen molar-refractivity contribution in [2.45, 2.75) is 108 Å². The molecule has 1 aromatic heterocycles. The number of H-pyrrole nitrogens is 1. The van der Waals surface area contributed by atoms with Gasteiger partial charge in [0, 0.05) is 48.4 Å². The molecule has 0 aliphatic carbocycles. The Morgan fingerprint density at radius 3 is 2.03 bits per heavy atom. The van der Waals surface area contributed by atoms with E-state index in [-0.39, 0.29) is 36.5 Å². The minimum Gasteiger partial charge on any atom is -0.508 e. The SMILES string of the molecule is CC(=O)N[C@@H]1CSSC[C@@H](C(=O)N[C@H](C(N)=O)[C@@H](C)O)NC(=O)[C@H](C(C)C)NC(=O)[C@H](CCCCN)NC(=O)[C@@H](Cc2c[nH]c3ccccc23)NC(=O)[C@H](Cc2ccc(O)cc2)NC1=O. The summed E-state index contributed by atoms with van der Waals surface area (Å²) in [6, 6.07) is 3.99. The number of rotatable bonds is 14. The van der Waals surface area contributed by atoms with Gasteiger partial charge in [-0.2, -0.15) is 0 Å². The number of amides is 8. The fourth-order valence-corrected chi connectivity index (χ4v) is 9.29. The first-order valence-electron chi connectivity index (χ1n) is 21.2. The lowest BCUT2D eigenvalue weighted by Gasteiger charge is -2.29. The number of phenols is 1. The topological polar surface area (TPSA) is 329 Å². The molecule has 4 rings (SSSR count). The van der Waals surface area contributed by atoms with Crippen LogP contribution in [-0.4, -0.2) is 129 Å². The van der Waals surface area contributed by atoms with E-state index in [9.17, 15) is 48.6 Å². The van der Waals surface area contributed by atoms with Crippen molar-refractivity contribution in [3.8, 4) is 5.75 Å². The van der Waals surface area contributed by atoms with Crippen LogP contribution < -0.4 is 48.7 Å². The lowest BCUT2D eigenvalue weighted by Crippen LogP contribution is -2.62. The zero-order valence-electron chi connectivity index (χ0n) is 36.7. The number of carbonyl (C=O) groups is 8. The maximum absolute atomic E-state index is 14.5. The Labute approximate surface area is 384 Å². The van der Waals surface area contributed by atoms with E-state index in [0.29, 0.717) is 30.5 Å². The van der Waals surface area contributed by atoms with Gasteiger partial charge < -0.3 is 63.9 Å². The number of phenolic OH excluding ortho intramolecular Hbond substituents is 1. The first-order chi connectivity index (χ1) is 30.9. The third-order valence-corrected chi connectivity index (χ3v) is 13.0. The average Bonchev–Trinajstić information content (AvgIpc) is 3.66. The molecule has 3 aromatic rings. The minimum absolute atomic E-state index is 0.0335. The van der Waals surface area contributed by atoms with E-state index < -0.39 is 102 Å². The van der Waals surface area contributed by atoms with E-state index in [2.05, 4.69) is 42.2 Å². The maximum Gasteiger partial charge on any atom is 0.244 e. The number of benzene rings is 2. The molecule has 0 unspecified atom stereocenters. The molecular weight excluding hydrogens is 881 g/mol. The number of aromatic nitrogens is 1.